The zero-order valence-corrected chi connectivity index (χ0v) is 9.62. The van der Waals surface area contributed by atoms with E-state index in [0.717, 1.165) is 0 Å². The second-order valence-electron chi connectivity index (χ2n) is 3.44. The summed E-state index contributed by atoms with van der Waals surface area (Å²) in [5.41, 5.74) is 0.608. The van der Waals surface area contributed by atoms with Crippen molar-refractivity contribution in [3.8, 4) is 17.3 Å². The van der Waals surface area contributed by atoms with Crippen LogP contribution in [0.3, 0.4) is 0 Å². The van der Waals surface area contributed by atoms with Crippen LogP contribution in [0.5, 0.6) is 5.88 Å². The van der Waals surface area contributed by atoms with Crippen LogP contribution in [-0.4, -0.2) is 27.3 Å². The molecule has 2 rings (SSSR count). The van der Waals surface area contributed by atoms with E-state index in [0.29, 0.717) is 17.9 Å². The topological polar surface area (TPSA) is 81.3 Å². The highest BCUT2D eigenvalue weighted by Gasteiger charge is 2.17. The summed E-state index contributed by atoms with van der Waals surface area (Å²) in [5, 5.41) is 13.3. The van der Waals surface area contributed by atoms with Crippen LogP contribution in [0, 0.1) is 0 Å². The molecule has 0 aliphatic rings. The number of pyridine rings is 1. The van der Waals surface area contributed by atoms with E-state index < -0.39 is 6.10 Å². The third-order valence-electron chi connectivity index (χ3n) is 2.32. The standard InChI is InChI=1S/C11H13N3O3/c1-3-8(15)9-13-11(17-14-9)7-5-4-6-12-10(7)16-2/h4-6,8,15H,3H2,1-2H3. The van der Waals surface area contributed by atoms with Crippen molar-refractivity contribution in [3.63, 3.8) is 0 Å². The Hall–Kier alpha value is -1.95. The number of nitrogens with zero attached hydrogens (tertiary/aromatic N) is 3. The number of aliphatic hydroxyl groups excluding tert-OH is 1. The summed E-state index contributed by atoms with van der Waals surface area (Å²) < 4.78 is 10.2. The predicted octanol–water partition coefficient (Wildman–Crippen LogP) is 1.58. The van der Waals surface area contributed by atoms with Gasteiger partial charge in [-0.05, 0) is 18.6 Å². The summed E-state index contributed by atoms with van der Waals surface area (Å²) in [5.74, 6) is 0.972. The molecule has 1 atom stereocenters. The molecule has 0 fully saturated rings. The highest BCUT2D eigenvalue weighted by Crippen LogP contribution is 2.27. The smallest absolute Gasteiger partial charge is 0.263 e. The highest BCUT2D eigenvalue weighted by molar-refractivity contribution is 5.59. The number of methoxy groups -OCH3 is 1. The quantitative estimate of drug-likeness (QED) is 0.866. The molecule has 0 aliphatic carbocycles. The molecule has 0 spiro atoms. The van der Waals surface area contributed by atoms with Gasteiger partial charge >= 0.3 is 0 Å². The number of hydrogen-bond donors (Lipinski definition) is 1. The van der Waals surface area contributed by atoms with Gasteiger partial charge in [0.2, 0.25) is 11.7 Å². The SMILES string of the molecule is CCC(O)c1noc(-c2cccnc2OC)n1. The van der Waals surface area contributed by atoms with Crippen molar-refractivity contribution >= 4 is 0 Å². The summed E-state index contributed by atoms with van der Waals surface area (Å²) >= 11 is 0. The van der Waals surface area contributed by atoms with Gasteiger partial charge in [0.1, 0.15) is 11.7 Å². The van der Waals surface area contributed by atoms with E-state index in [-0.39, 0.29) is 11.7 Å². The summed E-state index contributed by atoms with van der Waals surface area (Å²) in [6.07, 6.45) is 1.43. The Morgan fingerprint density at radius 2 is 2.35 bits per heavy atom. The maximum Gasteiger partial charge on any atom is 0.263 e. The minimum Gasteiger partial charge on any atom is -0.480 e. The molecule has 0 radical (unpaired) electrons. The number of hydrogen-bond acceptors (Lipinski definition) is 6. The fourth-order valence-electron chi connectivity index (χ4n) is 1.38. The maximum absolute atomic E-state index is 9.58. The predicted molar refractivity (Wildman–Crippen MR) is 59.3 cm³/mol. The van der Waals surface area contributed by atoms with Crippen molar-refractivity contribution in [1.82, 2.24) is 15.1 Å². The molecular formula is C11H13N3O3. The van der Waals surface area contributed by atoms with Crippen LogP contribution >= 0.6 is 0 Å². The Labute approximate surface area is 98.3 Å². The van der Waals surface area contributed by atoms with Gasteiger partial charge < -0.3 is 14.4 Å². The van der Waals surface area contributed by atoms with Gasteiger partial charge in [-0.25, -0.2) is 4.98 Å². The molecule has 0 saturated carbocycles. The van der Waals surface area contributed by atoms with E-state index in [1.165, 1.54) is 7.11 Å². The largest absolute Gasteiger partial charge is 0.480 e. The third-order valence-corrected chi connectivity index (χ3v) is 2.32. The van der Waals surface area contributed by atoms with E-state index in [1.807, 2.05) is 6.92 Å². The molecule has 17 heavy (non-hydrogen) atoms. The molecule has 1 N–H and O–H groups in total. The molecule has 2 aromatic heterocycles. The van der Waals surface area contributed by atoms with Gasteiger partial charge in [0.25, 0.3) is 5.89 Å². The number of aromatic nitrogens is 3. The average Bonchev–Trinajstić information content (AvgIpc) is 2.87. The minimum absolute atomic E-state index is 0.272. The average molecular weight is 235 g/mol. The Kier molecular flexibility index (Phi) is 3.34. The molecule has 6 heteroatoms. The van der Waals surface area contributed by atoms with Crippen molar-refractivity contribution < 1.29 is 14.4 Å². The van der Waals surface area contributed by atoms with E-state index in [1.54, 1.807) is 18.3 Å². The zero-order valence-electron chi connectivity index (χ0n) is 9.62. The normalized spacial score (nSPS) is 12.4. The molecule has 6 nitrogen and oxygen atoms in total. The first-order chi connectivity index (χ1) is 8.26. The highest BCUT2D eigenvalue weighted by atomic mass is 16.5. The first kappa shape index (κ1) is 11.5. The lowest BCUT2D eigenvalue weighted by Gasteiger charge is -2.01. The molecule has 0 aromatic carbocycles. The number of aliphatic hydroxyl groups is 1. The van der Waals surface area contributed by atoms with Gasteiger partial charge in [0.15, 0.2) is 0 Å². The molecule has 2 heterocycles. The van der Waals surface area contributed by atoms with Crippen LogP contribution in [0.4, 0.5) is 0 Å². The second-order valence-corrected chi connectivity index (χ2v) is 3.44. The Morgan fingerprint density at radius 1 is 1.53 bits per heavy atom. The summed E-state index contributed by atoms with van der Waals surface area (Å²) in [6, 6.07) is 3.51. The van der Waals surface area contributed by atoms with Crippen LogP contribution in [0.1, 0.15) is 25.3 Å². The van der Waals surface area contributed by atoms with E-state index in [4.69, 9.17) is 9.26 Å². The molecule has 0 aliphatic heterocycles. The van der Waals surface area contributed by atoms with Gasteiger partial charge in [-0.1, -0.05) is 12.1 Å². The zero-order chi connectivity index (χ0) is 12.3. The lowest BCUT2D eigenvalue weighted by atomic mass is 10.2. The van der Waals surface area contributed by atoms with Gasteiger partial charge in [-0.2, -0.15) is 4.98 Å². The van der Waals surface area contributed by atoms with E-state index in [2.05, 4.69) is 15.1 Å². The molecule has 0 saturated heterocycles. The molecule has 90 valence electrons. The Balaban J connectivity index is 2.37. The summed E-state index contributed by atoms with van der Waals surface area (Å²) in [4.78, 5) is 8.15. The molecule has 2 aromatic rings. The molecule has 0 bridgehead atoms. The minimum atomic E-state index is -0.713. The third kappa shape index (κ3) is 2.26. The first-order valence-corrected chi connectivity index (χ1v) is 5.27. The van der Waals surface area contributed by atoms with Gasteiger partial charge in [0, 0.05) is 6.20 Å². The van der Waals surface area contributed by atoms with Crippen LogP contribution in [0.2, 0.25) is 0 Å². The van der Waals surface area contributed by atoms with Crippen molar-refractivity contribution in [2.75, 3.05) is 7.11 Å². The van der Waals surface area contributed by atoms with Gasteiger partial charge in [-0.15, -0.1) is 0 Å². The molecule has 0 amide bonds. The number of ether oxygens (including phenoxy) is 1. The Morgan fingerprint density at radius 3 is 3.06 bits per heavy atom. The van der Waals surface area contributed by atoms with E-state index in [9.17, 15) is 5.11 Å². The second kappa shape index (κ2) is 4.92. The fourth-order valence-corrected chi connectivity index (χ4v) is 1.38. The van der Waals surface area contributed by atoms with Crippen molar-refractivity contribution in [2.45, 2.75) is 19.4 Å². The lowest BCUT2D eigenvalue weighted by molar-refractivity contribution is 0.159. The van der Waals surface area contributed by atoms with Gasteiger partial charge in [0.05, 0.1) is 7.11 Å². The first-order valence-electron chi connectivity index (χ1n) is 5.27. The molecular weight excluding hydrogens is 222 g/mol. The van der Waals surface area contributed by atoms with Crippen LogP contribution in [-0.2, 0) is 0 Å². The van der Waals surface area contributed by atoms with Crippen LogP contribution < -0.4 is 4.74 Å². The van der Waals surface area contributed by atoms with Crippen LogP contribution in [0.25, 0.3) is 11.5 Å². The monoisotopic (exact) mass is 235 g/mol. The number of rotatable bonds is 4. The van der Waals surface area contributed by atoms with Crippen molar-refractivity contribution in [2.24, 2.45) is 0 Å². The fraction of sp³-hybridized carbons (Fsp3) is 0.364. The summed E-state index contributed by atoms with van der Waals surface area (Å²) in [7, 11) is 1.52. The van der Waals surface area contributed by atoms with Crippen LogP contribution in [0.15, 0.2) is 22.9 Å². The van der Waals surface area contributed by atoms with E-state index >= 15 is 0 Å². The molecule has 1 unspecified atom stereocenters. The lowest BCUT2D eigenvalue weighted by Crippen LogP contribution is -1.97. The van der Waals surface area contributed by atoms with Crippen molar-refractivity contribution in [3.05, 3.63) is 24.2 Å². The summed E-state index contributed by atoms with van der Waals surface area (Å²) in [6.45, 7) is 1.84. The maximum atomic E-state index is 9.58. The van der Waals surface area contributed by atoms with Crippen molar-refractivity contribution in [1.29, 1.82) is 0 Å². The van der Waals surface area contributed by atoms with Gasteiger partial charge in [-0.3, -0.25) is 0 Å². The Bertz CT molecular complexity index is 498.